The van der Waals surface area contributed by atoms with Crippen LogP contribution in [0.4, 0.5) is 19.0 Å². The lowest BCUT2D eigenvalue weighted by atomic mass is 9.98. The van der Waals surface area contributed by atoms with E-state index < -0.39 is 23.9 Å². The fourth-order valence-electron chi connectivity index (χ4n) is 3.20. The number of nitrogens with one attached hydrogen (secondary N) is 1. The first-order valence-electron chi connectivity index (χ1n) is 8.55. The van der Waals surface area contributed by atoms with Gasteiger partial charge in [0.05, 0.1) is 0 Å². The molecule has 1 fully saturated rings. The van der Waals surface area contributed by atoms with Crippen molar-refractivity contribution in [1.29, 1.82) is 0 Å². The van der Waals surface area contributed by atoms with Gasteiger partial charge in [0.1, 0.15) is 18.2 Å². The van der Waals surface area contributed by atoms with Crippen molar-refractivity contribution in [1.82, 2.24) is 19.7 Å². The molecule has 0 saturated heterocycles. The summed E-state index contributed by atoms with van der Waals surface area (Å²) in [5.74, 6) is -1.04. The summed E-state index contributed by atoms with van der Waals surface area (Å²) < 4.78 is 39.4. The van der Waals surface area contributed by atoms with Crippen LogP contribution in [0.2, 0.25) is 0 Å². The molecular weight excluding hydrogens is 347 g/mol. The molecule has 0 radical (unpaired) electrons. The van der Waals surface area contributed by atoms with Gasteiger partial charge in [-0.05, 0) is 30.9 Å². The lowest BCUT2D eigenvalue weighted by Gasteiger charge is -2.20. The maximum Gasteiger partial charge on any atom is 0.453 e. The zero-order valence-electron chi connectivity index (χ0n) is 14.3. The zero-order chi connectivity index (χ0) is 18.7. The fraction of sp³-hybridized carbons (Fsp3) is 0.529. The van der Waals surface area contributed by atoms with Gasteiger partial charge in [0.25, 0.3) is 5.82 Å². The number of carbonyl (C=O) groups is 1. The summed E-state index contributed by atoms with van der Waals surface area (Å²) in [6.45, 7) is 1.87. The molecule has 2 aromatic heterocycles. The third-order valence-electron chi connectivity index (χ3n) is 4.58. The Morgan fingerprint density at radius 3 is 2.62 bits per heavy atom. The second-order valence-corrected chi connectivity index (χ2v) is 6.66. The minimum atomic E-state index is -4.64. The highest BCUT2D eigenvalue weighted by molar-refractivity contribution is 5.92. The van der Waals surface area contributed by atoms with Gasteiger partial charge in [0.15, 0.2) is 0 Å². The smallest absolute Gasteiger partial charge is 0.309 e. The number of alkyl halides is 3. The summed E-state index contributed by atoms with van der Waals surface area (Å²) in [6, 6.07) is 2.60. The van der Waals surface area contributed by atoms with Crippen molar-refractivity contribution in [3.05, 3.63) is 36.0 Å². The number of anilines is 1. The predicted octanol–water partition coefficient (Wildman–Crippen LogP) is 3.76. The first-order chi connectivity index (χ1) is 12.3. The number of aromatic nitrogens is 4. The number of amides is 1. The maximum absolute atomic E-state index is 12.8. The highest BCUT2D eigenvalue weighted by Gasteiger charge is 2.37. The largest absolute Gasteiger partial charge is 0.453 e. The van der Waals surface area contributed by atoms with E-state index in [0.717, 1.165) is 42.3 Å². The summed E-state index contributed by atoms with van der Waals surface area (Å²) in [5, 5.41) is 6.17. The van der Waals surface area contributed by atoms with E-state index in [2.05, 4.69) is 20.4 Å². The molecule has 26 heavy (non-hydrogen) atoms. The second-order valence-electron chi connectivity index (χ2n) is 6.66. The Kier molecular flexibility index (Phi) is 5.24. The topological polar surface area (TPSA) is 72.7 Å². The third-order valence-corrected chi connectivity index (χ3v) is 4.58. The van der Waals surface area contributed by atoms with E-state index in [4.69, 9.17) is 0 Å². The average molecular weight is 367 g/mol. The van der Waals surface area contributed by atoms with E-state index in [0.29, 0.717) is 12.2 Å². The van der Waals surface area contributed by atoms with Crippen molar-refractivity contribution in [3.63, 3.8) is 0 Å². The monoisotopic (exact) mass is 367 g/mol. The van der Waals surface area contributed by atoms with E-state index in [9.17, 15) is 18.0 Å². The number of carbonyl (C=O) groups excluding carboxylic acids is 1. The standard InChI is InChI=1S/C17H20F3N5O/c1-11-6-7-14(21-9-11)23-15(26)13(8-12-4-2-3-5-12)25-10-22-16(24-25)17(18,19)20/h6-7,9-10,12-13H,2-5,8H2,1H3,(H,21,23,26). The van der Waals surface area contributed by atoms with Gasteiger partial charge in [-0.25, -0.2) is 14.6 Å². The average Bonchev–Trinajstić information content (AvgIpc) is 3.25. The van der Waals surface area contributed by atoms with Gasteiger partial charge in [-0.2, -0.15) is 13.2 Å². The first kappa shape index (κ1) is 18.3. The number of hydrogen-bond acceptors (Lipinski definition) is 4. The molecule has 1 aliphatic carbocycles. The molecule has 1 unspecified atom stereocenters. The third kappa shape index (κ3) is 4.39. The summed E-state index contributed by atoms with van der Waals surface area (Å²) >= 11 is 0. The van der Waals surface area contributed by atoms with Crippen LogP contribution in [0.15, 0.2) is 24.7 Å². The van der Waals surface area contributed by atoms with Crippen molar-refractivity contribution in [2.24, 2.45) is 5.92 Å². The number of halogens is 3. The van der Waals surface area contributed by atoms with Gasteiger partial charge in [-0.3, -0.25) is 4.79 Å². The number of aryl methyl sites for hydroxylation is 1. The molecular formula is C17H20F3N5O. The Morgan fingerprint density at radius 1 is 1.31 bits per heavy atom. The van der Waals surface area contributed by atoms with Crippen molar-refractivity contribution in [3.8, 4) is 0 Å². The van der Waals surface area contributed by atoms with Crippen LogP contribution in [-0.2, 0) is 11.0 Å². The van der Waals surface area contributed by atoms with Gasteiger partial charge >= 0.3 is 6.18 Å². The van der Waals surface area contributed by atoms with Crippen molar-refractivity contribution in [2.45, 2.75) is 51.2 Å². The Hall–Kier alpha value is -2.45. The van der Waals surface area contributed by atoms with E-state index in [-0.39, 0.29) is 5.92 Å². The first-order valence-corrected chi connectivity index (χ1v) is 8.55. The summed E-state index contributed by atoms with van der Waals surface area (Å²) in [7, 11) is 0. The molecule has 0 spiro atoms. The van der Waals surface area contributed by atoms with E-state index in [1.807, 2.05) is 6.92 Å². The highest BCUT2D eigenvalue weighted by Crippen LogP contribution is 2.33. The molecule has 1 atom stereocenters. The van der Waals surface area contributed by atoms with E-state index >= 15 is 0 Å². The minimum Gasteiger partial charge on any atom is -0.309 e. The molecule has 9 heteroatoms. The van der Waals surface area contributed by atoms with Gasteiger partial charge in [0, 0.05) is 6.20 Å². The molecule has 0 aromatic carbocycles. The molecule has 0 bridgehead atoms. The predicted molar refractivity (Wildman–Crippen MR) is 88.2 cm³/mol. The highest BCUT2D eigenvalue weighted by atomic mass is 19.4. The minimum absolute atomic E-state index is 0.287. The Bertz CT molecular complexity index is 751. The molecule has 1 amide bonds. The SMILES string of the molecule is Cc1ccc(NC(=O)C(CC2CCCC2)n2cnc(C(F)(F)F)n2)nc1. The number of rotatable bonds is 5. The molecule has 140 valence electrons. The van der Waals surface area contributed by atoms with E-state index in [1.165, 1.54) is 0 Å². The van der Waals surface area contributed by atoms with Crippen LogP contribution in [0.3, 0.4) is 0 Å². The molecule has 3 rings (SSSR count). The van der Waals surface area contributed by atoms with Crippen LogP contribution in [0.25, 0.3) is 0 Å². The lowest BCUT2D eigenvalue weighted by molar-refractivity contribution is -0.145. The second kappa shape index (κ2) is 7.43. The van der Waals surface area contributed by atoms with Gasteiger partial charge in [0.2, 0.25) is 5.91 Å². The molecule has 1 N–H and O–H groups in total. The summed E-state index contributed by atoms with van der Waals surface area (Å²) in [4.78, 5) is 20.2. The van der Waals surface area contributed by atoms with Crippen LogP contribution in [-0.4, -0.2) is 25.7 Å². The van der Waals surface area contributed by atoms with Crippen molar-refractivity contribution >= 4 is 11.7 Å². The van der Waals surface area contributed by atoms with Crippen molar-refractivity contribution in [2.75, 3.05) is 5.32 Å². The normalized spacial score (nSPS) is 16.6. The molecule has 2 aromatic rings. The number of nitrogens with zero attached hydrogens (tertiary/aromatic N) is 4. The van der Waals surface area contributed by atoms with Gasteiger partial charge in [-0.1, -0.05) is 31.7 Å². The van der Waals surface area contributed by atoms with Crippen LogP contribution >= 0.6 is 0 Å². The lowest BCUT2D eigenvalue weighted by Crippen LogP contribution is -2.29. The van der Waals surface area contributed by atoms with Crippen LogP contribution in [0.1, 0.15) is 49.5 Å². The summed E-state index contributed by atoms with van der Waals surface area (Å²) in [6.07, 6.45) is 2.45. The molecule has 0 aliphatic heterocycles. The fourth-order valence-corrected chi connectivity index (χ4v) is 3.20. The zero-order valence-corrected chi connectivity index (χ0v) is 14.3. The van der Waals surface area contributed by atoms with Crippen LogP contribution < -0.4 is 5.32 Å². The van der Waals surface area contributed by atoms with Crippen LogP contribution in [0, 0.1) is 12.8 Å². The molecule has 1 saturated carbocycles. The van der Waals surface area contributed by atoms with Crippen LogP contribution in [0.5, 0.6) is 0 Å². The maximum atomic E-state index is 12.8. The number of hydrogen-bond donors (Lipinski definition) is 1. The quantitative estimate of drug-likeness (QED) is 0.873. The number of pyridine rings is 1. The summed E-state index contributed by atoms with van der Waals surface area (Å²) in [5.41, 5.74) is 0.941. The molecule has 1 aliphatic rings. The van der Waals surface area contributed by atoms with Gasteiger partial charge < -0.3 is 5.32 Å². The Morgan fingerprint density at radius 2 is 2.04 bits per heavy atom. The van der Waals surface area contributed by atoms with E-state index in [1.54, 1.807) is 18.3 Å². The molecule has 2 heterocycles. The Balaban J connectivity index is 1.81. The van der Waals surface area contributed by atoms with Gasteiger partial charge in [-0.15, -0.1) is 5.10 Å². The molecule has 6 nitrogen and oxygen atoms in total. The van der Waals surface area contributed by atoms with Crippen molar-refractivity contribution < 1.29 is 18.0 Å². The Labute approximate surface area is 148 Å².